The van der Waals surface area contributed by atoms with Gasteiger partial charge in [-0.15, -0.1) is 12.4 Å². The SMILES string of the molecule is Cl.NCCC(c1ccccc1)c1cccc2[nH]ccc12. The largest absolute Gasteiger partial charge is 0.361 e. The van der Waals surface area contributed by atoms with Gasteiger partial charge in [-0.05, 0) is 36.2 Å². The van der Waals surface area contributed by atoms with Gasteiger partial charge in [0, 0.05) is 23.0 Å². The molecule has 0 aliphatic rings. The molecule has 0 aliphatic carbocycles. The van der Waals surface area contributed by atoms with Gasteiger partial charge in [0.05, 0.1) is 0 Å². The maximum atomic E-state index is 5.82. The first kappa shape index (κ1) is 14.6. The van der Waals surface area contributed by atoms with Crippen molar-refractivity contribution in [3.8, 4) is 0 Å². The van der Waals surface area contributed by atoms with Gasteiger partial charge in [0.2, 0.25) is 0 Å². The van der Waals surface area contributed by atoms with Crippen LogP contribution in [0.5, 0.6) is 0 Å². The summed E-state index contributed by atoms with van der Waals surface area (Å²) in [5, 5.41) is 1.30. The van der Waals surface area contributed by atoms with Crippen molar-refractivity contribution < 1.29 is 0 Å². The van der Waals surface area contributed by atoms with E-state index in [1.165, 1.54) is 22.0 Å². The summed E-state index contributed by atoms with van der Waals surface area (Å²) in [6.07, 6.45) is 2.97. The van der Waals surface area contributed by atoms with Crippen LogP contribution in [0.4, 0.5) is 0 Å². The van der Waals surface area contributed by atoms with Gasteiger partial charge in [-0.25, -0.2) is 0 Å². The van der Waals surface area contributed by atoms with Gasteiger partial charge in [0.1, 0.15) is 0 Å². The van der Waals surface area contributed by atoms with E-state index in [9.17, 15) is 0 Å². The summed E-state index contributed by atoms with van der Waals surface area (Å²) in [5.41, 5.74) is 9.70. The fourth-order valence-corrected chi connectivity index (χ4v) is 2.77. The van der Waals surface area contributed by atoms with Gasteiger partial charge >= 0.3 is 0 Å². The fraction of sp³-hybridized carbons (Fsp3) is 0.176. The Morgan fingerprint density at radius 3 is 2.50 bits per heavy atom. The zero-order chi connectivity index (χ0) is 13.1. The van der Waals surface area contributed by atoms with Crippen LogP contribution in [0.1, 0.15) is 23.5 Å². The van der Waals surface area contributed by atoms with Crippen molar-refractivity contribution in [3.05, 3.63) is 71.9 Å². The number of fused-ring (bicyclic) bond motifs is 1. The third-order valence-electron chi connectivity index (χ3n) is 3.66. The molecule has 3 N–H and O–H groups in total. The Balaban J connectivity index is 0.00000147. The standard InChI is InChI=1S/C17H18N2.ClH/c18-11-9-14(13-5-2-1-3-6-13)15-7-4-8-17-16(15)10-12-19-17;/h1-8,10,12,14,19H,9,11,18H2;1H. The minimum Gasteiger partial charge on any atom is -0.361 e. The van der Waals surface area contributed by atoms with E-state index in [1.54, 1.807) is 0 Å². The minimum absolute atomic E-state index is 0. The molecule has 3 rings (SSSR count). The number of benzene rings is 2. The molecule has 0 spiro atoms. The lowest BCUT2D eigenvalue weighted by molar-refractivity contribution is 0.731. The summed E-state index contributed by atoms with van der Waals surface area (Å²) in [7, 11) is 0. The van der Waals surface area contributed by atoms with Gasteiger partial charge in [0.25, 0.3) is 0 Å². The summed E-state index contributed by atoms with van der Waals surface area (Å²) >= 11 is 0. The predicted octanol–water partition coefficient (Wildman–Crippen LogP) is 4.07. The highest BCUT2D eigenvalue weighted by atomic mass is 35.5. The third kappa shape index (κ3) is 2.72. The minimum atomic E-state index is 0. The molecule has 0 saturated carbocycles. The van der Waals surface area contributed by atoms with Crippen LogP contribution in [0.15, 0.2) is 60.8 Å². The first-order chi connectivity index (χ1) is 9.40. The van der Waals surface area contributed by atoms with Gasteiger partial charge in [0.15, 0.2) is 0 Å². The molecule has 3 aromatic rings. The lowest BCUT2D eigenvalue weighted by atomic mass is 9.87. The normalized spacial score (nSPS) is 12.1. The van der Waals surface area contributed by atoms with E-state index in [2.05, 4.69) is 59.6 Å². The molecule has 0 amide bonds. The molecule has 0 saturated heterocycles. The molecule has 3 heteroatoms. The highest BCUT2D eigenvalue weighted by Gasteiger charge is 2.15. The monoisotopic (exact) mass is 286 g/mol. The second-order valence-electron chi connectivity index (χ2n) is 4.83. The number of nitrogens with two attached hydrogens (primary N) is 1. The van der Waals surface area contributed by atoms with Crippen molar-refractivity contribution in [2.75, 3.05) is 6.54 Å². The number of aromatic amines is 1. The average Bonchev–Trinajstić information content (AvgIpc) is 2.94. The molecule has 1 heterocycles. The van der Waals surface area contributed by atoms with Crippen LogP contribution < -0.4 is 5.73 Å². The first-order valence-corrected chi connectivity index (χ1v) is 6.71. The summed E-state index contributed by atoms with van der Waals surface area (Å²) in [6, 6.07) is 19.2. The Kier molecular flexibility index (Phi) is 4.83. The predicted molar refractivity (Wildman–Crippen MR) is 87.5 cm³/mol. The van der Waals surface area contributed by atoms with Gasteiger partial charge < -0.3 is 10.7 Å². The van der Waals surface area contributed by atoms with E-state index >= 15 is 0 Å². The zero-order valence-corrected chi connectivity index (χ0v) is 12.1. The molecule has 2 nitrogen and oxygen atoms in total. The van der Waals surface area contributed by atoms with E-state index in [4.69, 9.17) is 5.73 Å². The fourth-order valence-electron chi connectivity index (χ4n) is 2.77. The van der Waals surface area contributed by atoms with Crippen molar-refractivity contribution in [3.63, 3.8) is 0 Å². The Morgan fingerprint density at radius 2 is 1.75 bits per heavy atom. The van der Waals surface area contributed by atoms with Crippen LogP contribution in [0.25, 0.3) is 10.9 Å². The molecule has 2 aromatic carbocycles. The molecule has 20 heavy (non-hydrogen) atoms. The van der Waals surface area contributed by atoms with E-state index in [-0.39, 0.29) is 12.4 Å². The van der Waals surface area contributed by atoms with Crippen LogP contribution in [0.3, 0.4) is 0 Å². The summed E-state index contributed by atoms with van der Waals surface area (Å²) in [4.78, 5) is 3.28. The van der Waals surface area contributed by atoms with Crippen molar-refractivity contribution in [2.24, 2.45) is 5.73 Å². The molecule has 0 aliphatic heterocycles. The quantitative estimate of drug-likeness (QED) is 0.746. The Morgan fingerprint density at radius 1 is 0.950 bits per heavy atom. The molecule has 0 radical (unpaired) electrons. The van der Waals surface area contributed by atoms with Crippen LogP contribution >= 0.6 is 12.4 Å². The molecule has 0 fully saturated rings. The van der Waals surface area contributed by atoms with Crippen molar-refractivity contribution in [1.29, 1.82) is 0 Å². The lowest BCUT2D eigenvalue weighted by Crippen LogP contribution is -2.09. The topological polar surface area (TPSA) is 41.8 Å². The number of hydrogen-bond donors (Lipinski definition) is 2. The van der Waals surface area contributed by atoms with Crippen molar-refractivity contribution in [1.82, 2.24) is 4.98 Å². The van der Waals surface area contributed by atoms with E-state index in [0.717, 1.165) is 6.42 Å². The molecule has 1 unspecified atom stereocenters. The second-order valence-corrected chi connectivity index (χ2v) is 4.83. The number of nitrogens with one attached hydrogen (secondary N) is 1. The zero-order valence-electron chi connectivity index (χ0n) is 11.3. The lowest BCUT2D eigenvalue weighted by Gasteiger charge is -2.18. The van der Waals surface area contributed by atoms with E-state index in [0.29, 0.717) is 12.5 Å². The van der Waals surface area contributed by atoms with E-state index in [1.807, 2.05) is 6.20 Å². The first-order valence-electron chi connectivity index (χ1n) is 6.71. The Labute approximate surface area is 125 Å². The highest BCUT2D eigenvalue weighted by Crippen LogP contribution is 2.32. The van der Waals surface area contributed by atoms with Crippen LogP contribution in [0.2, 0.25) is 0 Å². The van der Waals surface area contributed by atoms with Gasteiger partial charge in [-0.1, -0.05) is 42.5 Å². The summed E-state index contributed by atoms with van der Waals surface area (Å²) < 4.78 is 0. The Hall–Kier alpha value is -1.77. The third-order valence-corrected chi connectivity index (χ3v) is 3.66. The molecule has 1 atom stereocenters. The molecular weight excluding hydrogens is 268 g/mol. The highest BCUT2D eigenvalue weighted by molar-refractivity contribution is 5.85. The van der Waals surface area contributed by atoms with Gasteiger partial charge in [-0.2, -0.15) is 0 Å². The van der Waals surface area contributed by atoms with Crippen LogP contribution in [-0.2, 0) is 0 Å². The maximum absolute atomic E-state index is 5.82. The number of H-pyrrole nitrogens is 1. The maximum Gasteiger partial charge on any atom is 0.0456 e. The Bertz CT molecular complexity index is 661. The average molecular weight is 287 g/mol. The number of rotatable bonds is 4. The summed E-state index contributed by atoms with van der Waals surface area (Å²) in [6.45, 7) is 0.695. The molecule has 0 bridgehead atoms. The molecular formula is C17H19ClN2. The number of hydrogen-bond acceptors (Lipinski definition) is 1. The van der Waals surface area contributed by atoms with Crippen LogP contribution in [-0.4, -0.2) is 11.5 Å². The summed E-state index contributed by atoms with van der Waals surface area (Å²) in [5.74, 6) is 0.366. The van der Waals surface area contributed by atoms with Crippen molar-refractivity contribution in [2.45, 2.75) is 12.3 Å². The van der Waals surface area contributed by atoms with E-state index < -0.39 is 0 Å². The molecule has 1 aromatic heterocycles. The smallest absolute Gasteiger partial charge is 0.0456 e. The second kappa shape index (κ2) is 6.60. The molecule has 104 valence electrons. The van der Waals surface area contributed by atoms with Crippen LogP contribution in [0, 0.1) is 0 Å². The number of aromatic nitrogens is 1. The van der Waals surface area contributed by atoms with Crippen molar-refractivity contribution >= 4 is 23.3 Å². The number of halogens is 1. The van der Waals surface area contributed by atoms with Gasteiger partial charge in [-0.3, -0.25) is 0 Å².